The van der Waals surface area contributed by atoms with Gasteiger partial charge in [-0.1, -0.05) is 78.5 Å². The first kappa shape index (κ1) is 36.0. The number of benzene rings is 4. The predicted molar refractivity (Wildman–Crippen MR) is 158 cm³/mol. The number of fused-ring (bicyclic) bond motifs is 1. The fourth-order valence-electron chi connectivity index (χ4n) is 3.58. The molecule has 0 aliphatic heterocycles. The van der Waals surface area contributed by atoms with Crippen LogP contribution in [0.25, 0.3) is 10.8 Å². The number of rotatable bonds is 9. The van der Waals surface area contributed by atoms with Gasteiger partial charge in [-0.15, -0.1) is 0 Å². The van der Waals surface area contributed by atoms with E-state index in [0.717, 1.165) is 26.1 Å². The van der Waals surface area contributed by atoms with Crippen molar-refractivity contribution in [3.63, 3.8) is 0 Å². The highest BCUT2D eigenvalue weighted by molar-refractivity contribution is 7.99. The minimum absolute atomic E-state index is 0.895. The van der Waals surface area contributed by atoms with E-state index in [1.807, 2.05) is 11.8 Å². The van der Waals surface area contributed by atoms with Crippen LogP contribution in [0.5, 0.6) is 0 Å². The Hall–Kier alpha value is -4.23. The molecule has 0 fully saturated rings. The number of carboxylic acid groups (broad SMARTS) is 2. The van der Waals surface area contributed by atoms with Gasteiger partial charge in [-0.2, -0.15) is 26.3 Å². The largest absolute Gasteiger partial charge is 0.490 e. The molecule has 0 heterocycles. The maximum absolute atomic E-state index is 10.6. The molecule has 6 nitrogen and oxygen atoms in total. The first-order valence-corrected chi connectivity index (χ1v) is 13.8. The van der Waals surface area contributed by atoms with Crippen molar-refractivity contribution < 1.29 is 46.1 Å². The first-order valence-electron chi connectivity index (χ1n) is 13.0. The molecule has 0 aliphatic carbocycles. The Morgan fingerprint density at radius 3 is 1.86 bits per heavy atom. The molecule has 0 amide bonds. The molecule has 4 aromatic carbocycles. The van der Waals surface area contributed by atoms with Gasteiger partial charge < -0.3 is 20.4 Å². The Bertz CT molecular complexity index is 1460. The first-order chi connectivity index (χ1) is 20.7. The number of alkyl halides is 6. The van der Waals surface area contributed by atoms with Gasteiger partial charge in [0.15, 0.2) is 0 Å². The summed E-state index contributed by atoms with van der Waals surface area (Å²) < 4.78 is 63.5. The number of carboxylic acids is 2. The van der Waals surface area contributed by atoms with E-state index in [9.17, 15) is 26.3 Å². The van der Waals surface area contributed by atoms with Crippen LogP contribution in [0.3, 0.4) is 0 Å². The zero-order valence-corrected chi connectivity index (χ0v) is 24.2. The van der Waals surface area contributed by atoms with Crippen molar-refractivity contribution in [1.29, 1.82) is 0 Å². The average Bonchev–Trinajstić information content (AvgIpc) is 2.98. The summed E-state index contributed by atoms with van der Waals surface area (Å²) in [7, 11) is 2.16. The van der Waals surface area contributed by atoms with Crippen molar-refractivity contribution >= 4 is 40.2 Å². The smallest absolute Gasteiger partial charge is 0.475 e. The number of para-hydroxylation sites is 1. The van der Waals surface area contributed by atoms with Gasteiger partial charge in [0.25, 0.3) is 0 Å². The lowest BCUT2D eigenvalue weighted by molar-refractivity contribution is -0.193. The highest BCUT2D eigenvalue weighted by Gasteiger charge is 2.38. The zero-order chi connectivity index (χ0) is 32.8. The fraction of sp³-hybridized carbons (Fsp3) is 0.226. The molecular weight excluding hydrogens is 610 g/mol. The maximum atomic E-state index is 10.6. The highest BCUT2D eigenvalue weighted by Crippen LogP contribution is 2.32. The van der Waals surface area contributed by atoms with Crippen LogP contribution in [0.4, 0.5) is 32.0 Å². The van der Waals surface area contributed by atoms with E-state index in [1.54, 1.807) is 0 Å². The minimum Gasteiger partial charge on any atom is -0.475 e. The number of aliphatic carboxylic acids is 2. The maximum Gasteiger partial charge on any atom is 0.490 e. The van der Waals surface area contributed by atoms with Crippen LogP contribution in [0.2, 0.25) is 0 Å². The second-order valence-corrected chi connectivity index (χ2v) is 10.2. The number of halogens is 6. The van der Waals surface area contributed by atoms with Crippen molar-refractivity contribution in [2.24, 2.45) is 0 Å². The molecule has 0 spiro atoms. The number of nitrogens with zero attached hydrogens (tertiary/aromatic N) is 1. The van der Waals surface area contributed by atoms with Crippen molar-refractivity contribution in [3.05, 3.63) is 103 Å². The zero-order valence-electron chi connectivity index (χ0n) is 23.4. The van der Waals surface area contributed by atoms with Crippen molar-refractivity contribution in [2.75, 3.05) is 25.0 Å². The molecule has 0 saturated carbocycles. The van der Waals surface area contributed by atoms with Crippen LogP contribution in [-0.2, 0) is 16.1 Å². The number of nitrogens with one attached hydrogen (secondary N) is 1. The number of hydrogen-bond donors (Lipinski definition) is 3. The molecule has 4 rings (SSSR count). The SMILES string of the molecule is CN(CCCNCc1ccccc1Sc1ccc2ccccc2c1)c1ccccc1.O=C(O)C(F)(F)F.O=C(O)C(F)(F)F. The van der Waals surface area contributed by atoms with Crippen LogP contribution >= 0.6 is 11.8 Å². The predicted octanol–water partition coefficient (Wildman–Crippen LogP) is 7.87. The molecule has 13 heteroatoms. The third kappa shape index (κ3) is 13.0. The van der Waals surface area contributed by atoms with Gasteiger partial charge in [-0.05, 0) is 59.6 Å². The van der Waals surface area contributed by atoms with Gasteiger partial charge in [-0.25, -0.2) is 9.59 Å². The van der Waals surface area contributed by atoms with E-state index in [0.29, 0.717) is 0 Å². The number of carbonyl (C=O) groups is 2. The lowest BCUT2D eigenvalue weighted by Gasteiger charge is -2.19. The van der Waals surface area contributed by atoms with Gasteiger partial charge >= 0.3 is 24.3 Å². The quantitative estimate of drug-likeness (QED) is 0.127. The van der Waals surface area contributed by atoms with Crippen molar-refractivity contribution in [1.82, 2.24) is 5.32 Å². The van der Waals surface area contributed by atoms with Crippen LogP contribution in [0.15, 0.2) is 107 Å². The molecule has 0 aromatic heterocycles. The molecule has 0 saturated heterocycles. The Labute approximate surface area is 254 Å². The molecule has 236 valence electrons. The van der Waals surface area contributed by atoms with Gasteiger partial charge in [0.2, 0.25) is 0 Å². The molecule has 44 heavy (non-hydrogen) atoms. The van der Waals surface area contributed by atoms with E-state index in [4.69, 9.17) is 19.8 Å². The molecule has 3 N–H and O–H groups in total. The number of hydrogen-bond acceptors (Lipinski definition) is 5. The third-order valence-electron chi connectivity index (χ3n) is 5.77. The normalized spacial score (nSPS) is 11.1. The summed E-state index contributed by atoms with van der Waals surface area (Å²) in [5.41, 5.74) is 2.63. The fourth-order valence-corrected chi connectivity index (χ4v) is 4.58. The van der Waals surface area contributed by atoms with Gasteiger partial charge in [0.05, 0.1) is 0 Å². The number of anilines is 1. The minimum atomic E-state index is -5.08. The Kier molecular flexibility index (Phi) is 14.0. The van der Waals surface area contributed by atoms with E-state index in [1.165, 1.54) is 31.8 Å². The van der Waals surface area contributed by atoms with E-state index < -0.39 is 24.3 Å². The molecular formula is C31H30F6N2O4S. The molecule has 0 radical (unpaired) electrons. The summed E-state index contributed by atoms with van der Waals surface area (Å²) in [5, 5.41) is 20.5. The summed E-state index contributed by atoms with van der Waals surface area (Å²) in [6, 6.07) is 34.5. The van der Waals surface area contributed by atoms with E-state index >= 15 is 0 Å². The van der Waals surface area contributed by atoms with Crippen LogP contribution in [-0.4, -0.2) is 54.6 Å². The molecule has 0 bridgehead atoms. The summed E-state index contributed by atoms with van der Waals surface area (Å²) in [6.07, 6.45) is -9.05. The summed E-state index contributed by atoms with van der Waals surface area (Å²) >= 11 is 1.85. The van der Waals surface area contributed by atoms with Gasteiger partial charge in [0, 0.05) is 35.6 Å². The molecule has 0 atom stereocenters. The van der Waals surface area contributed by atoms with Gasteiger partial charge in [0.1, 0.15) is 0 Å². The monoisotopic (exact) mass is 640 g/mol. The molecule has 0 aliphatic rings. The van der Waals surface area contributed by atoms with Crippen LogP contribution < -0.4 is 10.2 Å². The van der Waals surface area contributed by atoms with Gasteiger partial charge in [-0.3, -0.25) is 0 Å². The summed E-state index contributed by atoms with van der Waals surface area (Å²) in [6.45, 7) is 2.95. The molecule has 0 unspecified atom stereocenters. The Balaban J connectivity index is 0.000000402. The summed E-state index contributed by atoms with van der Waals surface area (Å²) in [4.78, 5) is 22.7. The van der Waals surface area contributed by atoms with Crippen molar-refractivity contribution in [3.8, 4) is 0 Å². The third-order valence-corrected chi connectivity index (χ3v) is 6.87. The van der Waals surface area contributed by atoms with Crippen LogP contribution in [0, 0.1) is 0 Å². The van der Waals surface area contributed by atoms with E-state index in [-0.39, 0.29) is 0 Å². The highest BCUT2D eigenvalue weighted by atomic mass is 32.2. The summed E-state index contributed by atoms with van der Waals surface area (Å²) in [5.74, 6) is -5.51. The second-order valence-electron chi connectivity index (χ2n) is 9.11. The lowest BCUT2D eigenvalue weighted by atomic mass is 10.1. The van der Waals surface area contributed by atoms with Crippen molar-refractivity contribution in [2.45, 2.75) is 35.1 Å². The second kappa shape index (κ2) is 17.2. The average molecular weight is 641 g/mol. The standard InChI is InChI=1S/C27H28N2S.2C2HF3O2/c1-29(25-13-3-2-4-14-25)19-9-18-28-21-24-12-7-8-15-27(24)30-26-17-16-22-10-5-6-11-23(22)20-26;2*3-2(4,5)1(6)7/h2-8,10-17,20,28H,9,18-19,21H2,1H3;2*(H,6,7). The topological polar surface area (TPSA) is 89.9 Å². The van der Waals surface area contributed by atoms with Crippen LogP contribution in [0.1, 0.15) is 12.0 Å². The lowest BCUT2D eigenvalue weighted by Crippen LogP contribution is -2.23. The Morgan fingerprint density at radius 1 is 0.750 bits per heavy atom. The van der Waals surface area contributed by atoms with E-state index in [2.05, 4.69) is 114 Å². The Morgan fingerprint density at radius 2 is 1.27 bits per heavy atom. The molecule has 4 aromatic rings.